The number of rotatable bonds is 3. The van der Waals surface area contributed by atoms with Gasteiger partial charge in [0.15, 0.2) is 5.78 Å². The van der Waals surface area contributed by atoms with Gasteiger partial charge in [0.25, 0.3) is 0 Å². The number of hydrogen-bond donors (Lipinski definition) is 0. The van der Waals surface area contributed by atoms with E-state index in [9.17, 15) is 4.79 Å². The van der Waals surface area contributed by atoms with Crippen molar-refractivity contribution in [2.75, 3.05) is 20.0 Å². The number of methoxy groups -OCH3 is 2. The Balaban J connectivity index is 1.99. The number of benzene rings is 2. The van der Waals surface area contributed by atoms with Gasteiger partial charge in [-0.05, 0) is 42.8 Å². The SMILES string of the molecule is COc1ccc([C@]2(C)CSc3cc(OC)ccc3C2=O)cc1. The number of fused-ring (bicyclic) bond motifs is 1. The van der Waals surface area contributed by atoms with Crippen LogP contribution in [0, 0.1) is 0 Å². The molecule has 0 saturated heterocycles. The minimum absolute atomic E-state index is 0.161. The van der Waals surface area contributed by atoms with Gasteiger partial charge in [0.05, 0.1) is 19.6 Å². The zero-order chi connectivity index (χ0) is 15.7. The van der Waals surface area contributed by atoms with E-state index >= 15 is 0 Å². The largest absolute Gasteiger partial charge is 0.497 e. The maximum Gasteiger partial charge on any atom is 0.175 e. The summed E-state index contributed by atoms with van der Waals surface area (Å²) < 4.78 is 10.4. The average molecular weight is 314 g/mol. The third-order valence-electron chi connectivity index (χ3n) is 4.18. The number of ketones is 1. The number of ether oxygens (including phenoxy) is 2. The van der Waals surface area contributed by atoms with E-state index in [2.05, 4.69) is 0 Å². The molecule has 3 nitrogen and oxygen atoms in total. The zero-order valence-corrected chi connectivity index (χ0v) is 13.7. The first-order valence-electron chi connectivity index (χ1n) is 7.08. The van der Waals surface area contributed by atoms with Crippen molar-refractivity contribution in [2.24, 2.45) is 0 Å². The van der Waals surface area contributed by atoms with Crippen molar-refractivity contribution in [1.29, 1.82) is 0 Å². The molecule has 4 heteroatoms. The molecule has 1 aliphatic heterocycles. The van der Waals surface area contributed by atoms with Gasteiger partial charge in [0.1, 0.15) is 11.5 Å². The highest BCUT2D eigenvalue weighted by Gasteiger charge is 2.40. The van der Waals surface area contributed by atoms with Gasteiger partial charge in [0.2, 0.25) is 0 Å². The summed E-state index contributed by atoms with van der Waals surface area (Å²) >= 11 is 1.70. The van der Waals surface area contributed by atoms with E-state index in [-0.39, 0.29) is 5.78 Å². The van der Waals surface area contributed by atoms with Gasteiger partial charge in [-0.25, -0.2) is 0 Å². The number of hydrogen-bond acceptors (Lipinski definition) is 4. The molecule has 2 aromatic carbocycles. The lowest BCUT2D eigenvalue weighted by Crippen LogP contribution is -2.38. The van der Waals surface area contributed by atoms with Gasteiger partial charge in [-0.2, -0.15) is 0 Å². The Morgan fingerprint density at radius 1 is 1.00 bits per heavy atom. The Bertz CT molecular complexity index is 709. The lowest BCUT2D eigenvalue weighted by atomic mass is 9.77. The number of carbonyl (C=O) groups is 1. The summed E-state index contributed by atoms with van der Waals surface area (Å²) in [6.07, 6.45) is 0. The van der Waals surface area contributed by atoms with Gasteiger partial charge < -0.3 is 9.47 Å². The highest BCUT2D eigenvalue weighted by atomic mass is 32.2. The average Bonchev–Trinajstić information content (AvgIpc) is 2.58. The summed E-state index contributed by atoms with van der Waals surface area (Å²) in [7, 11) is 3.28. The first-order valence-corrected chi connectivity index (χ1v) is 8.07. The zero-order valence-electron chi connectivity index (χ0n) is 12.9. The topological polar surface area (TPSA) is 35.5 Å². The molecular formula is C18H18O3S. The maximum atomic E-state index is 13.0. The van der Waals surface area contributed by atoms with Crippen molar-refractivity contribution in [3.63, 3.8) is 0 Å². The predicted octanol–water partition coefficient (Wildman–Crippen LogP) is 3.95. The molecule has 0 aliphatic carbocycles. The summed E-state index contributed by atoms with van der Waals surface area (Å²) in [5.74, 6) is 2.47. The van der Waals surface area contributed by atoms with Crippen molar-refractivity contribution in [3.05, 3.63) is 53.6 Å². The third kappa shape index (κ3) is 2.37. The van der Waals surface area contributed by atoms with Crippen LogP contribution in [-0.2, 0) is 5.41 Å². The molecule has 0 bridgehead atoms. The normalized spacial score (nSPS) is 20.4. The third-order valence-corrected chi connectivity index (χ3v) is 5.55. The summed E-state index contributed by atoms with van der Waals surface area (Å²) in [6.45, 7) is 2.01. The minimum atomic E-state index is -0.515. The van der Waals surface area contributed by atoms with Gasteiger partial charge in [-0.1, -0.05) is 12.1 Å². The van der Waals surface area contributed by atoms with E-state index in [4.69, 9.17) is 9.47 Å². The highest BCUT2D eigenvalue weighted by Crippen LogP contribution is 2.43. The Hall–Kier alpha value is -1.94. The van der Waals surface area contributed by atoms with E-state index in [0.29, 0.717) is 0 Å². The van der Waals surface area contributed by atoms with Crippen molar-refractivity contribution in [1.82, 2.24) is 0 Å². The minimum Gasteiger partial charge on any atom is -0.497 e. The second-order valence-corrected chi connectivity index (χ2v) is 6.56. The van der Waals surface area contributed by atoms with Gasteiger partial charge >= 0.3 is 0 Å². The molecule has 0 N–H and O–H groups in total. The fourth-order valence-corrected chi connectivity index (χ4v) is 3.95. The second-order valence-electron chi connectivity index (χ2n) is 5.54. The first kappa shape index (κ1) is 15.0. The standard InChI is InChI=1S/C18H18O3S/c1-18(12-4-6-13(20-2)7-5-12)11-22-16-10-14(21-3)8-9-15(16)17(18)19/h4-10H,11H2,1-3H3/t18-/m0/s1. The van der Waals surface area contributed by atoms with Crippen LogP contribution in [0.2, 0.25) is 0 Å². The quantitative estimate of drug-likeness (QED) is 0.859. The van der Waals surface area contributed by atoms with E-state index < -0.39 is 5.41 Å². The smallest absolute Gasteiger partial charge is 0.175 e. The molecule has 22 heavy (non-hydrogen) atoms. The van der Waals surface area contributed by atoms with Crippen LogP contribution in [0.15, 0.2) is 47.4 Å². The Labute approximate surface area is 134 Å². The molecule has 1 atom stereocenters. The van der Waals surface area contributed by atoms with Crippen LogP contribution in [0.3, 0.4) is 0 Å². The lowest BCUT2D eigenvalue weighted by Gasteiger charge is -2.33. The molecular weight excluding hydrogens is 296 g/mol. The molecule has 3 rings (SSSR count). The van der Waals surface area contributed by atoms with Crippen LogP contribution < -0.4 is 9.47 Å². The molecule has 1 heterocycles. The Morgan fingerprint density at radius 3 is 2.27 bits per heavy atom. The summed E-state index contributed by atoms with van der Waals surface area (Å²) in [4.78, 5) is 14.0. The van der Waals surface area contributed by atoms with E-state index in [1.165, 1.54) is 0 Å². The molecule has 0 unspecified atom stereocenters. The maximum absolute atomic E-state index is 13.0. The first-order chi connectivity index (χ1) is 10.6. The second kappa shape index (κ2) is 5.69. The molecule has 0 aromatic heterocycles. The molecule has 1 aliphatic rings. The number of Topliss-reactive ketones (excluding diaryl/α,β-unsaturated/α-hetero) is 1. The van der Waals surface area contributed by atoms with Crippen molar-refractivity contribution >= 4 is 17.5 Å². The molecule has 0 radical (unpaired) electrons. The summed E-state index contributed by atoms with van der Waals surface area (Å²) in [5.41, 5.74) is 1.28. The highest BCUT2D eigenvalue weighted by molar-refractivity contribution is 7.99. The van der Waals surface area contributed by atoms with Gasteiger partial charge in [0, 0.05) is 16.2 Å². The fourth-order valence-electron chi connectivity index (χ4n) is 2.69. The van der Waals surface area contributed by atoms with Crippen LogP contribution in [0.1, 0.15) is 22.8 Å². The van der Waals surface area contributed by atoms with Gasteiger partial charge in [-0.3, -0.25) is 4.79 Å². The van der Waals surface area contributed by atoms with E-state index in [1.807, 2.05) is 49.4 Å². The Morgan fingerprint density at radius 2 is 1.64 bits per heavy atom. The van der Waals surface area contributed by atoms with E-state index in [0.717, 1.165) is 33.3 Å². The molecule has 0 fully saturated rings. The van der Waals surface area contributed by atoms with Crippen LogP contribution in [-0.4, -0.2) is 25.8 Å². The fraction of sp³-hybridized carbons (Fsp3) is 0.278. The molecule has 0 saturated carbocycles. The monoisotopic (exact) mass is 314 g/mol. The van der Waals surface area contributed by atoms with Crippen LogP contribution in [0.4, 0.5) is 0 Å². The van der Waals surface area contributed by atoms with Crippen LogP contribution in [0.5, 0.6) is 11.5 Å². The van der Waals surface area contributed by atoms with Crippen LogP contribution in [0.25, 0.3) is 0 Å². The molecule has 0 spiro atoms. The molecule has 114 valence electrons. The molecule has 0 amide bonds. The Kier molecular flexibility index (Phi) is 3.87. The van der Waals surface area contributed by atoms with Gasteiger partial charge in [-0.15, -0.1) is 11.8 Å². The van der Waals surface area contributed by atoms with Crippen LogP contribution >= 0.6 is 11.8 Å². The predicted molar refractivity (Wildman–Crippen MR) is 88.4 cm³/mol. The summed E-state index contributed by atoms with van der Waals surface area (Å²) in [5, 5.41) is 0. The van der Waals surface area contributed by atoms with Crippen molar-refractivity contribution < 1.29 is 14.3 Å². The number of carbonyl (C=O) groups excluding carboxylic acids is 1. The van der Waals surface area contributed by atoms with Crippen molar-refractivity contribution in [3.8, 4) is 11.5 Å². The summed E-state index contributed by atoms with van der Waals surface area (Å²) in [6, 6.07) is 13.4. The molecule has 2 aromatic rings. The number of thioether (sulfide) groups is 1. The van der Waals surface area contributed by atoms with Crippen molar-refractivity contribution in [2.45, 2.75) is 17.2 Å². The van der Waals surface area contributed by atoms with E-state index in [1.54, 1.807) is 26.0 Å². The lowest BCUT2D eigenvalue weighted by molar-refractivity contribution is 0.0905.